The summed E-state index contributed by atoms with van der Waals surface area (Å²) in [5.41, 5.74) is 0.951. The minimum absolute atomic E-state index is 0.125. The molecular weight excluding hydrogens is 448 g/mol. The van der Waals surface area contributed by atoms with E-state index in [1.54, 1.807) is 24.3 Å². The molecule has 0 fully saturated rings. The molecule has 0 radical (unpaired) electrons. The first-order valence-corrected chi connectivity index (χ1v) is 9.43. The summed E-state index contributed by atoms with van der Waals surface area (Å²) in [6.07, 6.45) is 0. The van der Waals surface area contributed by atoms with Crippen molar-refractivity contribution in [2.45, 2.75) is 13.8 Å². The molecule has 0 aliphatic rings. The van der Waals surface area contributed by atoms with Gasteiger partial charge in [-0.05, 0) is 53.9 Å². The highest BCUT2D eigenvalue weighted by molar-refractivity contribution is 9.10. The maximum absolute atomic E-state index is 12.2. The lowest BCUT2D eigenvalue weighted by Crippen LogP contribution is -2.42. The number of rotatable bonds is 6. The summed E-state index contributed by atoms with van der Waals surface area (Å²) >= 11 is 6.70. The summed E-state index contributed by atoms with van der Waals surface area (Å²) in [7, 11) is 0. The van der Waals surface area contributed by atoms with E-state index in [1.165, 1.54) is 0 Å². The Morgan fingerprint density at radius 2 is 1.08 bits per heavy atom. The molecule has 0 heterocycles. The highest BCUT2D eigenvalue weighted by Crippen LogP contribution is 2.15. The monoisotopic (exact) mass is 466 g/mol. The molecule has 0 bridgehead atoms. The van der Waals surface area contributed by atoms with Crippen molar-refractivity contribution in [1.82, 2.24) is 10.6 Å². The van der Waals surface area contributed by atoms with Crippen LogP contribution >= 0.6 is 31.9 Å². The molecule has 0 saturated carbocycles. The van der Waals surface area contributed by atoms with Gasteiger partial charge < -0.3 is 10.6 Å². The average molecular weight is 468 g/mol. The van der Waals surface area contributed by atoms with Gasteiger partial charge in [0.2, 0.25) is 0 Å². The second-order valence-corrected chi connectivity index (χ2v) is 8.37. The number of halogens is 2. The number of carbonyl (C=O) groups is 2. The van der Waals surface area contributed by atoms with Crippen LogP contribution in [0, 0.1) is 5.41 Å². The van der Waals surface area contributed by atoms with Gasteiger partial charge in [0.05, 0.1) is 0 Å². The van der Waals surface area contributed by atoms with Crippen LogP contribution in [0.1, 0.15) is 34.6 Å². The van der Waals surface area contributed by atoms with Crippen LogP contribution in [0.15, 0.2) is 57.5 Å². The van der Waals surface area contributed by atoms with Crippen LogP contribution < -0.4 is 10.6 Å². The number of benzene rings is 2. The lowest BCUT2D eigenvalue weighted by Gasteiger charge is -2.25. The Hall–Kier alpha value is -1.66. The summed E-state index contributed by atoms with van der Waals surface area (Å²) in [6.45, 7) is 4.92. The zero-order valence-electron chi connectivity index (χ0n) is 14.1. The Morgan fingerprint density at radius 1 is 0.760 bits per heavy atom. The molecule has 0 aliphatic heterocycles. The molecule has 25 heavy (non-hydrogen) atoms. The van der Waals surface area contributed by atoms with Crippen molar-refractivity contribution in [3.05, 3.63) is 68.6 Å². The first-order chi connectivity index (χ1) is 11.8. The van der Waals surface area contributed by atoms with Gasteiger partial charge in [0, 0.05) is 33.2 Å². The van der Waals surface area contributed by atoms with Crippen molar-refractivity contribution < 1.29 is 9.59 Å². The van der Waals surface area contributed by atoms with Gasteiger partial charge in [-0.15, -0.1) is 0 Å². The van der Waals surface area contributed by atoms with Crippen molar-refractivity contribution in [3.63, 3.8) is 0 Å². The van der Waals surface area contributed by atoms with Gasteiger partial charge in [-0.2, -0.15) is 0 Å². The molecule has 132 valence electrons. The molecule has 0 atom stereocenters. The predicted octanol–water partition coefficient (Wildman–Crippen LogP) is 4.40. The Labute approximate surface area is 164 Å². The SMILES string of the molecule is CC(C)(CNC(=O)c1ccc(Br)cc1)CNC(=O)c1ccc(Br)cc1. The Morgan fingerprint density at radius 3 is 1.40 bits per heavy atom. The molecule has 2 amide bonds. The Bertz CT molecular complexity index is 678. The normalized spacial score (nSPS) is 11.0. The van der Waals surface area contributed by atoms with Crippen LogP contribution in [0.2, 0.25) is 0 Å². The number of hydrogen-bond donors (Lipinski definition) is 2. The summed E-state index contributed by atoms with van der Waals surface area (Å²) in [6, 6.07) is 14.4. The van der Waals surface area contributed by atoms with E-state index < -0.39 is 0 Å². The third-order valence-electron chi connectivity index (χ3n) is 3.67. The number of hydrogen-bond acceptors (Lipinski definition) is 2. The van der Waals surface area contributed by atoms with Crippen LogP contribution in [0.5, 0.6) is 0 Å². The fourth-order valence-corrected chi connectivity index (χ4v) is 2.64. The smallest absolute Gasteiger partial charge is 0.251 e. The lowest BCUT2D eigenvalue weighted by atomic mass is 9.93. The van der Waals surface area contributed by atoms with Crippen LogP contribution in [-0.2, 0) is 0 Å². The average Bonchev–Trinajstić information content (AvgIpc) is 2.59. The molecule has 6 heteroatoms. The maximum Gasteiger partial charge on any atom is 0.251 e. The van der Waals surface area contributed by atoms with Crippen molar-refractivity contribution in [1.29, 1.82) is 0 Å². The number of nitrogens with one attached hydrogen (secondary N) is 2. The quantitative estimate of drug-likeness (QED) is 0.661. The highest BCUT2D eigenvalue weighted by atomic mass is 79.9. The molecule has 0 saturated heterocycles. The zero-order chi connectivity index (χ0) is 18.4. The maximum atomic E-state index is 12.2. The third kappa shape index (κ3) is 6.29. The summed E-state index contributed by atoms with van der Waals surface area (Å²) in [5, 5.41) is 5.84. The molecule has 2 rings (SSSR count). The topological polar surface area (TPSA) is 58.2 Å². The standard InChI is InChI=1S/C19H20Br2N2O2/c1-19(2,11-22-17(24)13-3-7-15(20)8-4-13)12-23-18(25)14-5-9-16(21)10-6-14/h3-10H,11-12H2,1-2H3,(H,22,24)(H,23,25). The molecular formula is C19H20Br2N2O2. The summed E-state index contributed by atoms with van der Waals surface area (Å²) < 4.78 is 1.86. The van der Waals surface area contributed by atoms with Gasteiger partial charge >= 0.3 is 0 Å². The van der Waals surface area contributed by atoms with Crippen LogP contribution in [0.4, 0.5) is 0 Å². The second-order valence-electron chi connectivity index (χ2n) is 6.54. The van der Waals surface area contributed by atoms with E-state index >= 15 is 0 Å². The van der Waals surface area contributed by atoms with Gasteiger partial charge in [-0.1, -0.05) is 45.7 Å². The molecule has 2 aromatic carbocycles. The van der Waals surface area contributed by atoms with Crippen LogP contribution in [0.3, 0.4) is 0 Å². The van der Waals surface area contributed by atoms with E-state index in [1.807, 2.05) is 38.1 Å². The van der Waals surface area contributed by atoms with Gasteiger partial charge in [-0.25, -0.2) is 0 Å². The lowest BCUT2D eigenvalue weighted by molar-refractivity contribution is 0.0920. The van der Waals surface area contributed by atoms with Crippen LogP contribution in [-0.4, -0.2) is 24.9 Å². The molecule has 0 aliphatic carbocycles. The van der Waals surface area contributed by atoms with Crippen molar-refractivity contribution in [2.24, 2.45) is 5.41 Å². The number of carbonyl (C=O) groups excluding carboxylic acids is 2. The minimum atomic E-state index is -0.268. The van der Waals surface area contributed by atoms with E-state index in [0.29, 0.717) is 24.2 Å². The van der Waals surface area contributed by atoms with E-state index in [-0.39, 0.29) is 17.2 Å². The fourth-order valence-electron chi connectivity index (χ4n) is 2.11. The van der Waals surface area contributed by atoms with Crippen LogP contribution in [0.25, 0.3) is 0 Å². The molecule has 2 aromatic rings. The van der Waals surface area contributed by atoms with Crippen molar-refractivity contribution >= 4 is 43.7 Å². The Balaban J connectivity index is 1.84. The summed E-state index contributed by atoms with van der Waals surface area (Å²) in [5.74, 6) is -0.250. The first-order valence-electron chi connectivity index (χ1n) is 7.84. The van der Waals surface area contributed by atoms with Crippen molar-refractivity contribution in [3.8, 4) is 0 Å². The third-order valence-corrected chi connectivity index (χ3v) is 4.73. The molecule has 4 nitrogen and oxygen atoms in total. The van der Waals surface area contributed by atoms with E-state index in [0.717, 1.165) is 8.95 Å². The van der Waals surface area contributed by atoms with E-state index in [2.05, 4.69) is 42.5 Å². The minimum Gasteiger partial charge on any atom is -0.351 e. The molecule has 0 unspecified atom stereocenters. The predicted molar refractivity (Wildman–Crippen MR) is 107 cm³/mol. The first kappa shape index (κ1) is 19.7. The largest absolute Gasteiger partial charge is 0.351 e. The van der Waals surface area contributed by atoms with Gasteiger partial charge in [0.25, 0.3) is 11.8 Å². The zero-order valence-corrected chi connectivity index (χ0v) is 17.3. The van der Waals surface area contributed by atoms with Crippen molar-refractivity contribution in [2.75, 3.05) is 13.1 Å². The van der Waals surface area contributed by atoms with Gasteiger partial charge in [0.1, 0.15) is 0 Å². The Kier molecular flexibility index (Phi) is 6.79. The molecule has 2 N–H and O–H groups in total. The molecule has 0 spiro atoms. The highest BCUT2D eigenvalue weighted by Gasteiger charge is 2.20. The summed E-state index contributed by atoms with van der Waals surface area (Å²) in [4.78, 5) is 24.4. The van der Waals surface area contributed by atoms with Gasteiger partial charge in [-0.3, -0.25) is 9.59 Å². The second kappa shape index (κ2) is 8.63. The molecule has 0 aromatic heterocycles. The van der Waals surface area contributed by atoms with E-state index in [4.69, 9.17) is 0 Å². The fraction of sp³-hybridized carbons (Fsp3) is 0.263. The van der Waals surface area contributed by atoms with E-state index in [9.17, 15) is 9.59 Å². The van der Waals surface area contributed by atoms with Gasteiger partial charge in [0.15, 0.2) is 0 Å². The number of amides is 2.